The van der Waals surface area contributed by atoms with E-state index in [1.807, 2.05) is 44.2 Å². The first-order valence-electron chi connectivity index (χ1n) is 5.92. The summed E-state index contributed by atoms with van der Waals surface area (Å²) in [5.74, 6) is 0. The minimum Gasteiger partial charge on any atom is -0.386 e. The van der Waals surface area contributed by atoms with Crippen LogP contribution in [-0.4, -0.2) is 10.1 Å². The van der Waals surface area contributed by atoms with Crippen LogP contribution >= 0.6 is 11.6 Å². The van der Waals surface area contributed by atoms with Gasteiger partial charge in [-0.1, -0.05) is 23.7 Å². The SMILES string of the molecule is Cc1ccnc(C(O)Cc2ccc(C)cc2Cl)c1. The number of aliphatic hydroxyl groups is 1. The summed E-state index contributed by atoms with van der Waals surface area (Å²) in [6, 6.07) is 9.67. The maximum atomic E-state index is 10.2. The molecule has 2 nitrogen and oxygen atoms in total. The quantitative estimate of drug-likeness (QED) is 0.915. The highest BCUT2D eigenvalue weighted by atomic mass is 35.5. The van der Waals surface area contributed by atoms with Gasteiger partial charge in [-0.05, 0) is 48.7 Å². The highest BCUT2D eigenvalue weighted by Crippen LogP contribution is 2.23. The van der Waals surface area contributed by atoms with Gasteiger partial charge in [0, 0.05) is 17.6 Å². The molecule has 0 aliphatic carbocycles. The summed E-state index contributed by atoms with van der Waals surface area (Å²) in [6.45, 7) is 3.98. The van der Waals surface area contributed by atoms with Gasteiger partial charge in [-0.2, -0.15) is 0 Å². The molecule has 2 aromatic rings. The molecule has 1 aromatic heterocycles. The van der Waals surface area contributed by atoms with Gasteiger partial charge in [-0.25, -0.2) is 0 Å². The van der Waals surface area contributed by atoms with Crippen LogP contribution in [0.15, 0.2) is 36.5 Å². The van der Waals surface area contributed by atoms with Crippen molar-refractivity contribution in [2.75, 3.05) is 0 Å². The Kier molecular flexibility index (Phi) is 4.00. The van der Waals surface area contributed by atoms with Gasteiger partial charge in [0.1, 0.15) is 6.10 Å². The van der Waals surface area contributed by atoms with Crippen LogP contribution in [0.4, 0.5) is 0 Å². The Labute approximate surface area is 112 Å². The summed E-state index contributed by atoms with van der Waals surface area (Å²) in [4.78, 5) is 4.19. The molecule has 0 aliphatic rings. The Morgan fingerprint density at radius 1 is 1.17 bits per heavy atom. The zero-order valence-electron chi connectivity index (χ0n) is 10.5. The predicted octanol–water partition coefficient (Wildman–Crippen LogP) is 3.63. The lowest BCUT2D eigenvalue weighted by atomic mass is 10.0. The minimum atomic E-state index is -0.620. The van der Waals surface area contributed by atoms with Crippen molar-refractivity contribution in [1.29, 1.82) is 0 Å². The Morgan fingerprint density at radius 2 is 1.89 bits per heavy atom. The molecular formula is C15H16ClNO. The van der Waals surface area contributed by atoms with Crippen LogP contribution in [0.2, 0.25) is 5.02 Å². The topological polar surface area (TPSA) is 33.1 Å². The molecule has 94 valence electrons. The maximum absolute atomic E-state index is 10.2. The first kappa shape index (κ1) is 13.1. The van der Waals surface area contributed by atoms with Crippen LogP contribution in [0.5, 0.6) is 0 Å². The molecule has 0 saturated carbocycles. The predicted molar refractivity (Wildman–Crippen MR) is 73.8 cm³/mol. The fourth-order valence-corrected chi connectivity index (χ4v) is 2.18. The zero-order valence-corrected chi connectivity index (χ0v) is 11.3. The molecule has 0 bridgehead atoms. The van der Waals surface area contributed by atoms with Gasteiger partial charge < -0.3 is 5.11 Å². The molecule has 3 heteroatoms. The first-order valence-corrected chi connectivity index (χ1v) is 6.29. The number of hydrogen-bond donors (Lipinski definition) is 1. The summed E-state index contributed by atoms with van der Waals surface area (Å²) in [7, 11) is 0. The van der Waals surface area contributed by atoms with Crippen LogP contribution in [-0.2, 0) is 6.42 Å². The summed E-state index contributed by atoms with van der Waals surface area (Å²) >= 11 is 6.16. The molecule has 0 saturated heterocycles. The third-order valence-electron chi connectivity index (χ3n) is 2.90. The monoisotopic (exact) mass is 261 g/mol. The van der Waals surface area contributed by atoms with E-state index in [4.69, 9.17) is 11.6 Å². The van der Waals surface area contributed by atoms with Crippen molar-refractivity contribution in [3.63, 3.8) is 0 Å². The molecule has 1 aromatic carbocycles. The number of aromatic nitrogens is 1. The molecule has 1 N–H and O–H groups in total. The molecule has 0 aliphatic heterocycles. The van der Waals surface area contributed by atoms with Crippen molar-refractivity contribution in [3.05, 3.63) is 63.9 Å². The highest BCUT2D eigenvalue weighted by molar-refractivity contribution is 6.31. The number of rotatable bonds is 3. The average molecular weight is 262 g/mol. The number of pyridine rings is 1. The van der Waals surface area contributed by atoms with E-state index in [-0.39, 0.29) is 0 Å². The van der Waals surface area contributed by atoms with Gasteiger partial charge in [-0.3, -0.25) is 4.98 Å². The van der Waals surface area contributed by atoms with E-state index in [0.29, 0.717) is 17.1 Å². The Hall–Kier alpha value is -1.38. The van der Waals surface area contributed by atoms with E-state index in [1.165, 1.54) is 0 Å². The van der Waals surface area contributed by atoms with E-state index in [0.717, 1.165) is 16.7 Å². The largest absolute Gasteiger partial charge is 0.386 e. The molecule has 1 heterocycles. The third kappa shape index (κ3) is 3.09. The van der Waals surface area contributed by atoms with Gasteiger partial charge >= 0.3 is 0 Å². The van der Waals surface area contributed by atoms with E-state index in [1.54, 1.807) is 6.20 Å². The Morgan fingerprint density at radius 3 is 2.56 bits per heavy atom. The molecule has 0 amide bonds. The number of halogens is 1. The highest BCUT2D eigenvalue weighted by Gasteiger charge is 2.12. The number of hydrogen-bond acceptors (Lipinski definition) is 2. The lowest BCUT2D eigenvalue weighted by molar-refractivity contribution is 0.173. The molecule has 0 fully saturated rings. The number of aliphatic hydroxyl groups excluding tert-OH is 1. The van der Waals surface area contributed by atoms with Crippen LogP contribution < -0.4 is 0 Å². The van der Waals surface area contributed by atoms with Crippen molar-refractivity contribution in [2.45, 2.75) is 26.4 Å². The minimum absolute atomic E-state index is 0.482. The fourth-order valence-electron chi connectivity index (χ4n) is 1.87. The number of benzene rings is 1. The van der Waals surface area contributed by atoms with Crippen LogP contribution in [0, 0.1) is 13.8 Å². The summed E-state index contributed by atoms with van der Waals surface area (Å²) in [5.41, 5.74) is 3.84. The number of nitrogens with zero attached hydrogens (tertiary/aromatic N) is 1. The van der Waals surface area contributed by atoms with E-state index >= 15 is 0 Å². The third-order valence-corrected chi connectivity index (χ3v) is 3.25. The van der Waals surface area contributed by atoms with Crippen molar-refractivity contribution in [3.8, 4) is 0 Å². The molecule has 1 atom stereocenters. The van der Waals surface area contributed by atoms with Crippen LogP contribution in [0.1, 0.15) is 28.5 Å². The van der Waals surface area contributed by atoms with E-state index in [2.05, 4.69) is 4.98 Å². The standard InChI is InChI=1S/C15H16ClNO/c1-10-3-4-12(13(16)7-10)9-15(18)14-8-11(2)5-6-17-14/h3-8,15,18H,9H2,1-2H3. The zero-order chi connectivity index (χ0) is 13.1. The maximum Gasteiger partial charge on any atom is 0.100 e. The van der Waals surface area contributed by atoms with E-state index in [9.17, 15) is 5.11 Å². The number of aryl methyl sites for hydroxylation is 2. The first-order chi connectivity index (χ1) is 8.56. The summed E-state index contributed by atoms with van der Waals surface area (Å²) in [5, 5.41) is 10.9. The van der Waals surface area contributed by atoms with Crippen molar-refractivity contribution >= 4 is 11.6 Å². The molecule has 0 radical (unpaired) electrons. The fraction of sp³-hybridized carbons (Fsp3) is 0.267. The smallest absolute Gasteiger partial charge is 0.100 e. The lowest BCUT2D eigenvalue weighted by Crippen LogP contribution is -2.05. The molecular weight excluding hydrogens is 246 g/mol. The van der Waals surface area contributed by atoms with Crippen LogP contribution in [0.25, 0.3) is 0 Å². The van der Waals surface area contributed by atoms with E-state index < -0.39 is 6.10 Å². The van der Waals surface area contributed by atoms with Crippen molar-refractivity contribution < 1.29 is 5.11 Å². The molecule has 2 rings (SSSR count). The Bertz CT molecular complexity index is 554. The van der Waals surface area contributed by atoms with Gasteiger partial charge in [0.2, 0.25) is 0 Å². The Balaban J connectivity index is 2.18. The van der Waals surface area contributed by atoms with Gasteiger partial charge in [0.15, 0.2) is 0 Å². The molecule has 18 heavy (non-hydrogen) atoms. The lowest BCUT2D eigenvalue weighted by Gasteiger charge is -2.12. The van der Waals surface area contributed by atoms with Crippen molar-refractivity contribution in [2.24, 2.45) is 0 Å². The molecule has 0 spiro atoms. The second-order valence-electron chi connectivity index (χ2n) is 4.57. The normalized spacial score (nSPS) is 12.4. The summed E-state index contributed by atoms with van der Waals surface area (Å²) in [6.07, 6.45) is 1.57. The summed E-state index contributed by atoms with van der Waals surface area (Å²) < 4.78 is 0. The van der Waals surface area contributed by atoms with Gasteiger partial charge in [0.05, 0.1) is 5.69 Å². The average Bonchev–Trinajstić information content (AvgIpc) is 2.32. The van der Waals surface area contributed by atoms with Gasteiger partial charge in [-0.15, -0.1) is 0 Å². The molecule has 1 unspecified atom stereocenters. The van der Waals surface area contributed by atoms with Crippen LogP contribution in [0.3, 0.4) is 0 Å². The second kappa shape index (κ2) is 5.51. The second-order valence-corrected chi connectivity index (χ2v) is 4.98. The van der Waals surface area contributed by atoms with Crippen molar-refractivity contribution in [1.82, 2.24) is 4.98 Å². The van der Waals surface area contributed by atoms with Gasteiger partial charge in [0.25, 0.3) is 0 Å².